The van der Waals surface area contributed by atoms with Crippen LogP contribution < -0.4 is 9.62 Å². The third kappa shape index (κ3) is 7.66. The Bertz CT molecular complexity index is 1280. The third-order valence-electron chi connectivity index (χ3n) is 5.77. The van der Waals surface area contributed by atoms with Gasteiger partial charge in [0.05, 0.1) is 10.6 Å². The molecule has 0 aromatic heterocycles. The van der Waals surface area contributed by atoms with E-state index >= 15 is 0 Å². The van der Waals surface area contributed by atoms with Crippen LogP contribution in [0.1, 0.15) is 26.3 Å². The number of para-hydroxylation sites is 1. The highest BCUT2D eigenvalue weighted by Crippen LogP contribution is 2.24. The average Bonchev–Trinajstić information content (AvgIpc) is 2.90. The van der Waals surface area contributed by atoms with E-state index in [2.05, 4.69) is 21.2 Å². The van der Waals surface area contributed by atoms with E-state index in [0.717, 1.165) is 14.3 Å². The molecule has 0 aliphatic carbocycles. The van der Waals surface area contributed by atoms with Gasteiger partial charge in [-0.15, -0.1) is 0 Å². The van der Waals surface area contributed by atoms with Crippen LogP contribution in [0.25, 0.3) is 0 Å². The van der Waals surface area contributed by atoms with Gasteiger partial charge < -0.3 is 10.2 Å². The zero-order valence-corrected chi connectivity index (χ0v) is 23.6. The molecule has 3 aromatic carbocycles. The molecule has 0 radical (unpaired) electrons. The quantitative estimate of drug-likeness (QED) is 0.349. The lowest BCUT2D eigenvalue weighted by Crippen LogP contribution is -2.51. The molecule has 37 heavy (non-hydrogen) atoms. The van der Waals surface area contributed by atoms with Gasteiger partial charge >= 0.3 is 0 Å². The van der Waals surface area contributed by atoms with Crippen LogP contribution in [-0.2, 0) is 26.2 Å². The van der Waals surface area contributed by atoms with Crippen LogP contribution in [0.4, 0.5) is 5.69 Å². The van der Waals surface area contributed by atoms with Gasteiger partial charge in [-0.2, -0.15) is 0 Å². The number of benzene rings is 3. The minimum absolute atomic E-state index is 0.0776. The highest BCUT2D eigenvalue weighted by atomic mass is 79.9. The molecule has 0 aliphatic rings. The van der Waals surface area contributed by atoms with E-state index in [1.807, 2.05) is 38.1 Å². The predicted molar refractivity (Wildman–Crippen MR) is 149 cm³/mol. The summed E-state index contributed by atoms with van der Waals surface area (Å²) in [5, 5.41) is 2.88. The maximum absolute atomic E-state index is 13.8. The number of halogens is 1. The molecule has 196 valence electrons. The van der Waals surface area contributed by atoms with E-state index in [4.69, 9.17) is 0 Å². The zero-order chi connectivity index (χ0) is 27.0. The van der Waals surface area contributed by atoms with Crippen LogP contribution in [0.15, 0.2) is 94.3 Å². The van der Waals surface area contributed by atoms with Crippen molar-refractivity contribution in [3.8, 4) is 0 Å². The summed E-state index contributed by atoms with van der Waals surface area (Å²) in [7, 11) is -4.05. The average molecular weight is 587 g/mol. The molecule has 7 nitrogen and oxygen atoms in total. The van der Waals surface area contributed by atoms with Crippen molar-refractivity contribution < 1.29 is 18.0 Å². The van der Waals surface area contributed by atoms with Gasteiger partial charge in [-0.25, -0.2) is 8.42 Å². The number of carbonyl (C=O) groups excluding carboxylic acids is 2. The second kappa shape index (κ2) is 12.9. The lowest BCUT2D eigenvalue weighted by atomic mass is 10.1. The van der Waals surface area contributed by atoms with Crippen molar-refractivity contribution in [2.45, 2.75) is 38.3 Å². The topological polar surface area (TPSA) is 86.8 Å². The Morgan fingerprint density at radius 3 is 2.00 bits per heavy atom. The van der Waals surface area contributed by atoms with Gasteiger partial charge in [0.25, 0.3) is 10.0 Å². The number of nitrogens with one attached hydrogen (secondary N) is 1. The summed E-state index contributed by atoms with van der Waals surface area (Å²) < 4.78 is 29.3. The Balaban J connectivity index is 1.96. The van der Waals surface area contributed by atoms with Crippen molar-refractivity contribution in [2.75, 3.05) is 17.4 Å². The number of carbonyl (C=O) groups is 2. The summed E-state index contributed by atoms with van der Waals surface area (Å²) in [6.45, 7) is 5.80. The predicted octanol–water partition coefficient (Wildman–Crippen LogP) is 4.83. The normalized spacial score (nSPS) is 12.1. The molecular formula is C28H32BrN3O4S. The van der Waals surface area contributed by atoms with Crippen molar-refractivity contribution in [3.63, 3.8) is 0 Å². The first-order chi connectivity index (χ1) is 17.6. The van der Waals surface area contributed by atoms with Crippen LogP contribution in [0.2, 0.25) is 0 Å². The number of nitrogens with zero attached hydrogens (tertiary/aromatic N) is 2. The molecule has 0 aliphatic heterocycles. The Hall–Kier alpha value is -3.17. The first-order valence-electron chi connectivity index (χ1n) is 12.0. The monoisotopic (exact) mass is 585 g/mol. The number of hydrogen-bond acceptors (Lipinski definition) is 4. The van der Waals surface area contributed by atoms with E-state index in [1.54, 1.807) is 55.5 Å². The van der Waals surface area contributed by atoms with Gasteiger partial charge in [-0.1, -0.05) is 78.3 Å². The minimum atomic E-state index is -4.05. The first kappa shape index (κ1) is 28.4. The Kier molecular flexibility index (Phi) is 9.88. The summed E-state index contributed by atoms with van der Waals surface area (Å²) in [6, 6.07) is 23.1. The van der Waals surface area contributed by atoms with Crippen LogP contribution in [0.3, 0.4) is 0 Å². The highest BCUT2D eigenvalue weighted by Gasteiger charge is 2.32. The molecule has 3 rings (SSSR count). The summed E-state index contributed by atoms with van der Waals surface area (Å²) in [5.74, 6) is -0.536. The molecule has 0 bridgehead atoms. The number of anilines is 1. The largest absolute Gasteiger partial charge is 0.354 e. The number of sulfonamides is 1. The molecule has 0 fully saturated rings. The molecular weight excluding hydrogens is 554 g/mol. The summed E-state index contributed by atoms with van der Waals surface area (Å²) in [4.78, 5) is 28.3. The molecule has 2 amide bonds. The zero-order valence-electron chi connectivity index (χ0n) is 21.2. The van der Waals surface area contributed by atoms with Crippen molar-refractivity contribution >= 4 is 43.5 Å². The van der Waals surface area contributed by atoms with Crippen molar-refractivity contribution in [3.05, 3.63) is 95.0 Å². The van der Waals surface area contributed by atoms with Crippen LogP contribution in [0.5, 0.6) is 0 Å². The molecule has 1 N–H and O–H groups in total. The van der Waals surface area contributed by atoms with E-state index in [9.17, 15) is 18.0 Å². The van der Waals surface area contributed by atoms with Gasteiger partial charge in [0.2, 0.25) is 11.8 Å². The molecule has 0 saturated carbocycles. The van der Waals surface area contributed by atoms with E-state index < -0.39 is 28.5 Å². The molecule has 0 spiro atoms. The number of amides is 2. The van der Waals surface area contributed by atoms with E-state index in [1.165, 1.54) is 17.0 Å². The molecule has 1 atom stereocenters. The van der Waals surface area contributed by atoms with Gasteiger partial charge in [-0.3, -0.25) is 13.9 Å². The van der Waals surface area contributed by atoms with Gasteiger partial charge in [-0.05, 0) is 54.8 Å². The molecule has 3 aromatic rings. The summed E-state index contributed by atoms with van der Waals surface area (Å²) in [5.41, 5.74) is 1.18. The third-order valence-corrected chi connectivity index (χ3v) is 8.09. The minimum Gasteiger partial charge on any atom is -0.354 e. The highest BCUT2D eigenvalue weighted by molar-refractivity contribution is 9.10. The van der Waals surface area contributed by atoms with E-state index in [-0.39, 0.29) is 23.3 Å². The Morgan fingerprint density at radius 1 is 0.865 bits per heavy atom. The van der Waals surface area contributed by atoms with Crippen molar-refractivity contribution in [1.29, 1.82) is 0 Å². The Labute approximate surface area is 227 Å². The second-order valence-corrected chi connectivity index (χ2v) is 11.9. The van der Waals surface area contributed by atoms with Crippen LogP contribution in [-0.4, -0.2) is 44.3 Å². The summed E-state index contributed by atoms with van der Waals surface area (Å²) >= 11 is 3.41. The van der Waals surface area contributed by atoms with Gasteiger partial charge in [0.1, 0.15) is 12.6 Å². The van der Waals surface area contributed by atoms with Crippen LogP contribution >= 0.6 is 15.9 Å². The molecule has 9 heteroatoms. The fourth-order valence-electron chi connectivity index (χ4n) is 3.66. The maximum Gasteiger partial charge on any atom is 0.264 e. The first-order valence-corrected chi connectivity index (χ1v) is 14.3. The standard InChI is InChI=1S/C28H32BrN3O4S/c1-21(2)18-30-28(34)22(3)31(19-23-14-16-24(29)17-15-23)27(33)20-32(25-10-6-4-7-11-25)37(35,36)26-12-8-5-9-13-26/h4-17,21-22H,18-20H2,1-3H3,(H,30,34)/t22-/m1/s1. The Morgan fingerprint density at radius 2 is 1.43 bits per heavy atom. The molecule has 0 saturated heterocycles. The van der Waals surface area contributed by atoms with Gasteiger partial charge in [0, 0.05) is 17.6 Å². The lowest BCUT2D eigenvalue weighted by molar-refractivity contribution is -0.139. The molecule has 0 heterocycles. The fraction of sp³-hybridized carbons (Fsp3) is 0.286. The van der Waals surface area contributed by atoms with E-state index in [0.29, 0.717) is 12.2 Å². The van der Waals surface area contributed by atoms with Crippen LogP contribution in [0, 0.1) is 5.92 Å². The maximum atomic E-state index is 13.8. The van der Waals surface area contributed by atoms with Crippen molar-refractivity contribution in [2.24, 2.45) is 5.92 Å². The second-order valence-electron chi connectivity index (χ2n) is 9.12. The lowest BCUT2D eigenvalue weighted by Gasteiger charge is -2.32. The number of hydrogen-bond donors (Lipinski definition) is 1. The smallest absolute Gasteiger partial charge is 0.264 e. The fourth-order valence-corrected chi connectivity index (χ4v) is 5.36. The SMILES string of the molecule is CC(C)CNC(=O)[C@@H](C)N(Cc1ccc(Br)cc1)C(=O)CN(c1ccccc1)S(=O)(=O)c1ccccc1. The summed E-state index contributed by atoms with van der Waals surface area (Å²) in [6.07, 6.45) is 0. The van der Waals surface area contributed by atoms with Crippen molar-refractivity contribution in [1.82, 2.24) is 10.2 Å². The van der Waals surface area contributed by atoms with Gasteiger partial charge in [0.15, 0.2) is 0 Å². The molecule has 0 unspecified atom stereocenters. The number of rotatable bonds is 11.